The summed E-state index contributed by atoms with van der Waals surface area (Å²) in [4.78, 5) is 77.2. The van der Waals surface area contributed by atoms with Crippen LogP contribution in [-0.2, 0) is 18.3 Å². The number of amides is 4. The highest BCUT2D eigenvalue weighted by Gasteiger charge is 2.45. The molecule has 0 aliphatic carbocycles. The van der Waals surface area contributed by atoms with E-state index in [1.54, 1.807) is 61.6 Å². The molecule has 2 aliphatic rings. The van der Waals surface area contributed by atoms with Crippen LogP contribution in [0.4, 0.5) is 0 Å². The first-order valence-corrected chi connectivity index (χ1v) is 52.7. The van der Waals surface area contributed by atoms with Crippen molar-refractivity contribution in [2.45, 2.75) is 330 Å². The lowest BCUT2D eigenvalue weighted by Gasteiger charge is -2.15. The van der Waals surface area contributed by atoms with Crippen molar-refractivity contribution < 1.29 is 19.2 Å². The third kappa shape index (κ3) is 20.4. The Morgan fingerprint density at radius 1 is 0.280 bits per heavy atom. The Morgan fingerprint density at radius 2 is 0.542 bits per heavy atom. The number of carbonyl (C=O) groups excluding carboxylic acids is 4. The first-order chi connectivity index (χ1) is 57.7. The number of unbranched alkanes of at least 4 members (excludes halogenated alkanes) is 36. The number of aromatic nitrogens is 4. The van der Waals surface area contributed by atoms with Gasteiger partial charge in [-0.25, -0.2) is 0 Å². The number of rotatable bonds is 51. The Balaban J connectivity index is 0.771. The van der Waals surface area contributed by atoms with Crippen LogP contribution in [0.1, 0.15) is 368 Å². The lowest BCUT2D eigenvalue weighted by atomic mass is 9.91. The summed E-state index contributed by atoms with van der Waals surface area (Å²) in [7, 11) is 0. The van der Waals surface area contributed by atoms with Crippen molar-refractivity contribution in [2.24, 2.45) is 0 Å². The highest BCUT2D eigenvalue weighted by molar-refractivity contribution is 7.29. The molecule has 0 saturated carbocycles. The summed E-state index contributed by atoms with van der Waals surface area (Å²) >= 11 is 14.6. The predicted molar refractivity (Wildman–Crippen MR) is 516 cm³/mol. The smallest absolute Gasteiger partial charge is 0.262 e. The Labute approximate surface area is 739 Å². The van der Waals surface area contributed by atoms with Crippen LogP contribution < -0.4 is 0 Å². The number of nitrogens with zero attached hydrogens (tertiary/aromatic N) is 6. The lowest BCUT2D eigenvalue weighted by Crippen LogP contribution is -2.30. The van der Waals surface area contributed by atoms with Gasteiger partial charge in [-0.05, 0) is 146 Å². The Morgan fingerprint density at radius 3 is 0.856 bits per heavy atom. The van der Waals surface area contributed by atoms with Crippen molar-refractivity contribution in [2.75, 3.05) is 13.1 Å². The molecule has 0 N–H and O–H groups in total. The summed E-state index contributed by atoms with van der Waals surface area (Å²) in [5, 5.41) is 2.91. The summed E-state index contributed by atoms with van der Waals surface area (Å²) in [5.74, 6) is -0.974. The molecule has 2 aliphatic heterocycles. The number of aryl methyl sites for hydroxylation is 3. The van der Waals surface area contributed by atoms with Gasteiger partial charge in [-0.2, -0.15) is 17.5 Å². The van der Waals surface area contributed by atoms with Crippen LogP contribution in [0, 0.1) is 6.92 Å². The zero-order valence-electron chi connectivity index (χ0n) is 71.5. The van der Waals surface area contributed by atoms with Gasteiger partial charge in [-0.1, -0.05) is 280 Å². The summed E-state index contributed by atoms with van der Waals surface area (Å²) in [6.07, 6.45) is 51.7. The van der Waals surface area contributed by atoms with Crippen molar-refractivity contribution in [3.8, 4) is 71.0 Å². The van der Waals surface area contributed by atoms with Crippen LogP contribution in [0.5, 0.6) is 0 Å². The number of hydrogen-bond donors (Lipinski definition) is 0. The van der Waals surface area contributed by atoms with E-state index < -0.39 is 0 Å². The SMILES string of the molecule is CCCCCCCCCCCCc1c2cc(C(C)(C)C)sc2c(CCCCCCCCCCCC)c2cc(-c3ccc(-c4c5c(c(-c6ccc(-c7ccc(-c8ccc(-c9c%10c(c(-c%11ccc(C)s%11)c%11nsnc9%11)C(=O)N(CCCCCCCCCCCC)C%10=O)s8)s7)s6)c6nsnc46)C(=O)N(CCCCCCCCCCCC)C5=O)s3)sc12. The zero-order valence-corrected chi connectivity index (χ0v) is 78.9. The summed E-state index contributed by atoms with van der Waals surface area (Å²) in [5.41, 5.74) is 10.3. The second kappa shape index (κ2) is 42.9. The average molecular weight is 1750 g/mol. The largest absolute Gasteiger partial charge is 0.274 e. The van der Waals surface area contributed by atoms with E-state index in [4.69, 9.17) is 17.5 Å². The Hall–Kier alpha value is -6.00. The molecule has 12 aromatic rings. The second-order valence-electron chi connectivity index (χ2n) is 34.7. The quantitative estimate of drug-likeness (QED) is 0.0273. The van der Waals surface area contributed by atoms with E-state index in [-0.39, 0.29) is 29.0 Å². The molecule has 19 heteroatoms. The van der Waals surface area contributed by atoms with Crippen LogP contribution in [-0.4, -0.2) is 64.0 Å². The van der Waals surface area contributed by atoms with Gasteiger partial charge in [0, 0.05) is 103 Å². The summed E-state index contributed by atoms with van der Waals surface area (Å²) < 4.78 is 23.0. The third-order valence-corrected chi connectivity index (χ3v) is 34.4. The summed E-state index contributed by atoms with van der Waals surface area (Å²) in [6, 6.07) is 26.5. The normalized spacial score (nSPS) is 13.3. The Kier molecular flexibility index (Phi) is 32.1. The topological polar surface area (TPSA) is 126 Å². The molecule has 4 amide bonds. The van der Waals surface area contributed by atoms with E-state index in [0.717, 1.165) is 124 Å². The fourth-order valence-electron chi connectivity index (χ4n) is 17.9. The first-order valence-electron chi connectivity index (χ1n) is 45.6. The maximum absolute atomic E-state index is 15.7. The molecular weight excluding hydrogens is 1630 g/mol. The molecule has 0 spiro atoms. The standard InChI is InChI=1S/C99H124N6O4S9/c1-9-13-17-21-25-29-33-37-41-45-49-66-68-63-79(115-93(68)67(69-64-80(99(6,7)8)116-94(66)69)50-46-42-38-34-30-26-22-18-14-10-2)74-57-60-78(114-74)84-88-87(97(108)105(98(88)109)62-48-44-40-36-32-28-24-20-16-12-4)83(91-92(84)103-118-102-91)77-59-56-73(113-77)71-54-53-70(111-71)72-55-58-76(112-72)82-86-85(81(75-52-51-65(5)110-75)89-90(82)101-117-100-89)95(106)104(96(86)107)61-47-43-39-35-31-27-23-19-15-11-3/h51-60,63-64H,9-50,61-62H2,1-8H3. The molecule has 0 bridgehead atoms. The van der Waals surface area contributed by atoms with Crippen LogP contribution in [0.25, 0.3) is 113 Å². The van der Waals surface area contributed by atoms with Crippen molar-refractivity contribution in [3.05, 3.63) is 116 Å². The molecule has 9 aromatic heterocycles. The molecule has 0 atom stereocenters. The van der Waals surface area contributed by atoms with Gasteiger partial charge < -0.3 is 0 Å². The van der Waals surface area contributed by atoms with Crippen LogP contribution in [0.2, 0.25) is 0 Å². The Bertz CT molecular complexity index is 5290. The minimum Gasteiger partial charge on any atom is -0.274 e. The van der Waals surface area contributed by atoms with Crippen LogP contribution in [0.15, 0.2) is 72.8 Å². The maximum Gasteiger partial charge on any atom is 0.262 e. The molecule has 0 fully saturated rings. The van der Waals surface area contributed by atoms with Crippen molar-refractivity contribution in [3.63, 3.8) is 0 Å². The molecule has 0 radical (unpaired) electrons. The third-order valence-electron chi connectivity index (χ3n) is 24.6. The van der Waals surface area contributed by atoms with Gasteiger partial charge in [-0.3, -0.25) is 29.0 Å². The van der Waals surface area contributed by atoms with E-state index in [1.165, 1.54) is 269 Å². The summed E-state index contributed by atoms with van der Waals surface area (Å²) in [6.45, 7) is 19.1. The van der Waals surface area contributed by atoms with Gasteiger partial charge in [0.05, 0.1) is 45.7 Å². The second-order valence-corrected chi connectivity index (χ2v) is 43.4. The van der Waals surface area contributed by atoms with Gasteiger partial charge in [0.2, 0.25) is 0 Å². The van der Waals surface area contributed by atoms with Gasteiger partial charge in [0.15, 0.2) is 0 Å². The molecule has 0 unspecified atom stereocenters. The monoisotopic (exact) mass is 1750 g/mol. The van der Waals surface area contributed by atoms with E-state index in [2.05, 4.69) is 133 Å². The predicted octanol–water partition coefficient (Wildman–Crippen LogP) is 33.7. The van der Waals surface area contributed by atoms with E-state index in [0.29, 0.717) is 74.1 Å². The van der Waals surface area contributed by atoms with Gasteiger partial charge >= 0.3 is 0 Å². The molecular formula is C99H124N6O4S9. The number of carbonyl (C=O) groups is 4. The van der Waals surface area contributed by atoms with Crippen molar-refractivity contribution in [1.82, 2.24) is 27.3 Å². The number of benzene rings is 3. The lowest BCUT2D eigenvalue weighted by molar-refractivity contribution is 0.0636. The molecule has 10 nitrogen and oxygen atoms in total. The van der Waals surface area contributed by atoms with Gasteiger partial charge in [-0.15, -0.1) is 79.4 Å². The number of fused-ring (bicyclic) bond motifs is 6. The maximum atomic E-state index is 15.7. The first kappa shape index (κ1) is 88.3. The minimum absolute atomic E-state index is 0.0485. The highest BCUT2D eigenvalue weighted by Crippen LogP contribution is 2.55. The highest BCUT2D eigenvalue weighted by atomic mass is 32.1. The van der Waals surface area contributed by atoms with Gasteiger partial charge in [0.25, 0.3) is 23.6 Å². The van der Waals surface area contributed by atoms with Crippen LogP contribution >= 0.6 is 103 Å². The zero-order chi connectivity index (χ0) is 82.1. The van der Waals surface area contributed by atoms with Crippen molar-refractivity contribution in [1.29, 1.82) is 0 Å². The number of imide groups is 2. The molecule has 628 valence electrons. The minimum atomic E-state index is -0.250. The fourth-order valence-corrected chi connectivity index (χ4v) is 27.0. The number of thiophene rings is 7. The van der Waals surface area contributed by atoms with E-state index in [1.807, 2.05) is 17.4 Å². The average Bonchev–Trinajstić information content (AvgIpc) is 1.57. The van der Waals surface area contributed by atoms with Crippen molar-refractivity contribution >= 4 is 169 Å². The molecule has 14 rings (SSSR count). The van der Waals surface area contributed by atoms with E-state index >= 15 is 14.4 Å². The fraction of sp³-hybridized carbons (Fsp3) is 0.535. The van der Waals surface area contributed by atoms with Crippen LogP contribution in [0.3, 0.4) is 0 Å². The number of hydrogen-bond acceptors (Lipinski definition) is 17. The van der Waals surface area contributed by atoms with Gasteiger partial charge in [0.1, 0.15) is 22.1 Å². The molecule has 0 saturated heterocycles. The molecule has 3 aromatic carbocycles. The molecule has 118 heavy (non-hydrogen) atoms. The molecule has 11 heterocycles. The van der Waals surface area contributed by atoms with E-state index in [9.17, 15) is 4.79 Å².